The minimum Gasteiger partial charge on any atom is -0.495 e. The van der Waals surface area contributed by atoms with Crippen LogP contribution >= 0.6 is 0 Å². The number of rotatable bonds is 9. The molecule has 42 heavy (non-hydrogen) atoms. The number of fused-ring (bicyclic) bond motifs is 1. The number of anilines is 2. The van der Waals surface area contributed by atoms with E-state index in [-0.39, 0.29) is 39.5 Å². The van der Waals surface area contributed by atoms with Crippen molar-refractivity contribution in [1.82, 2.24) is 29.7 Å². The number of nitrogens with zero attached hydrogens (tertiary/aromatic N) is 6. The van der Waals surface area contributed by atoms with Gasteiger partial charge in [0.25, 0.3) is 0 Å². The Kier molecular flexibility index (Phi) is 7.69. The number of aromatic nitrogens is 6. The zero-order valence-corrected chi connectivity index (χ0v) is 23.4. The van der Waals surface area contributed by atoms with E-state index >= 15 is 0 Å². The van der Waals surface area contributed by atoms with Crippen LogP contribution in [-0.2, 0) is 9.84 Å². The number of methoxy groups -OCH3 is 1. The van der Waals surface area contributed by atoms with Crippen molar-refractivity contribution in [2.75, 3.05) is 30.5 Å². The number of hydrogen-bond donors (Lipinski definition) is 2. The van der Waals surface area contributed by atoms with Gasteiger partial charge in [0, 0.05) is 11.8 Å². The molecule has 1 atom stereocenters. The Balaban J connectivity index is 1.49. The molecule has 0 aliphatic heterocycles. The highest BCUT2D eigenvalue weighted by atomic mass is 32.2. The van der Waals surface area contributed by atoms with Crippen molar-refractivity contribution in [2.45, 2.75) is 24.0 Å². The zero-order valence-electron chi connectivity index (χ0n) is 22.6. The molecule has 218 valence electrons. The van der Waals surface area contributed by atoms with Crippen molar-refractivity contribution in [3.63, 3.8) is 0 Å². The highest BCUT2D eigenvalue weighted by Crippen LogP contribution is 2.32. The number of ether oxygens (including phenoxy) is 1. The van der Waals surface area contributed by atoms with Crippen LogP contribution in [0.3, 0.4) is 0 Å². The average molecular weight is 599 g/mol. The molecule has 3 aromatic heterocycles. The molecule has 0 aliphatic carbocycles. The summed E-state index contributed by atoms with van der Waals surface area (Å²) in [4.78, 5) is 17.2. The second-order valence-electron chi connectivity index (χ2n) is 9.36. The molecular weight excluding hydrogens is 573 g/mol. The average Bonchev–Trinajstić information content (AvgIpc) is 3.50. The Morgan fingerprint density at radius 2 is 1.79 bits per heavy atom. The van der Waals surface area contributed by atoms with Gasteiger partial charge in [-0.3, -0.25) is 0 Å². The van der Waals surface area contributed by atoms with Gasteiger partial charge in [-0.2, -0.15) is 23.3 Å². The number of alkyl halides is 3. The summed E-state index contributed by atoms with van der Waals surface area (Å²) in [6, 6.07) is 14.9. The summed E-state index contributed by atoms with van der Waals surface area (Å²) in [6.07, 6.45) is -0.451. The smallest absolute Gasteiger partial charge is 0.405 e. The third-order valence-electron chi connectivity index (χ3n) is 6.28. The van der Waals surface area contributed by atoms with E-state index in [1.54, 1.807) is 29.2 Å². The molecule has 5 rings (SSSR count). The Bertz CT molecular complexity index is 1830. The van der Waals surface area contributed by atoms with E-state index in [0.29, 0.717) is 11.3 Å². The number of pyridine rings is 1. The summed E-state index contributed by atoms with van der Waals surface area (Å²) < 4.78 is 70.8. The van der Waals surface area contributed by atoms with Gasteiger partial charge in [-0.15, -0.1) is 0 Å². The Morgan fingerprint density at radius 1 is 1.02 bits per heavy atom. The first-order chi connectivity index (χ1) is 19.9. The van der Waals surface area contributed by atoms with Crippen LogP contribution in [0.15, 0.2) is 72.1 Å². The maximum absolute atomic E-state index is 13.2. The van der Waals surface area contributed by atoms with E-state index in [9.17, 15) is 21.6 Å². The molecule has 0 spiro atoms. The van der Waals surface area contributed by atoms with Crippen molar-refractivity contribution in [1.29, 1.82) is 0 Å². The van der Waals surface area contributed by atoms with Crippen LogP contribution in [0, 0.1) is 0 Å². The molecule has 2 aromatic carbocycles. The first-order valence-electron chi connectivity index (χ1n) is 12.5. The summed E-state index contributed by atoms with van der Waals surface area (Å²) in [7, 11) is -2.28. The molecule has 0 unspecified atom stereocenters. The predicted octanol–water partition coefficient (Wildman–Crippen LogP) is 4.83. The van der Waals surface area contributed by atoms with Gasteiger partial charge < -0.3 is 15.4 Å². The molecule has 0 saturated carbocycles. The van der Waals surface area contributed by atoms with Crippen LogP contribution in [0.5, 0.6) is 5.75 Å². The minimum absolute atomic E-state index is 0.0427. The molecule has 15 heteroatoms. The summed E-state index contributed by atoms with van der Waals surface area (Å²) in [6.45, 7) is 0.524. The molecule has 2 N–H and O–H groups in total. The highest BCUT2D eigenvalue weighted by molar-refractivity contribution is 7.90. The van der Waals surface area contributed by atoms with Crippen LogP contribution in [0.4, 0.5) is 24.9 Å². The summed E-state index contributed by atoms with van der Waals surface area (Å²) in [5.74, 6) is 0.126. The van der Waals surface area contributed by atoms with Gasteiger partial charge in [0.2, 0.25) is 5.95 Å². The van der Waals surface area contributed by atoms with Crippen molar-refractivity contribution in [3.8, 4) is 22.7 Å². The fourth-order valence-electron chi connectivity index (χ4n) is 4.21. The van der Waals surface area contributed by atoms with Crippen molar-refractivity contribution in [3.05, 3.63) is 72.8 Å². The third kappa shape index (κ3) is 6.40. The lowest BCUT2D eigenvalue weighted by molar-refractivity contribution is -0.115. The van der Waals surface area contributed by atoms with Crippen LogP contribution in [0.25, 0.3) is 28.0 Å². The molecular formula is C27H25F3N8O3S. The lowest BCUT2D eigenvalue weighted by Crippen LogP contribution is -2.22. The van der Waals surface area contributed by atoms with Crippen molar-refractivity contribution in [2.24, 2.45) is 0 Å². The SMILES string of the molecule is COc1ccc(-c2ccc3nc(N[C@H](C)c4ccc(-n5cncn5)cc4)nc(NCC(F)(F)F)c3n2)cc1S(C)(=O)=O. The topological polar surface area (TPSA) is 137 Å². The van der Waals surface area contributed by atoms with Gasteiger partial charge >= 0.3 is 6.18 Å². The van der Waals surface area contributed by atoms with Gasteiger partial charge in [0.1, 0.15) is 35.4 Å². The standard InChI is InChI=1S/C27H25F3N8O3S/c1-16(17-4-7-19(8-5-17)38-15-31-14-33-38)34-26-36-21-10-9-20(35-24(21)25(37-26)32-13-27(28,29)30)18-6-11-22(41-2)23(12-18)42(3,39)40/h4-12,14-16H,13H2,1-3H3,(H2,32,34,36,37)/t16-/m1/s1. The number of hydrogen-bond acceptors (Lipinski definition) is 10. The second-order valence-corrected chi connectivity index (χ2v) is 11.3. The maximum atomic E-state index is 13.2. The summed E-state index contributed by atoms with van der Waals surface area (Å²) >= 11 is 0. The number of sulfone groups is 1. The number of nitrogens with one attached hydrogen (secondary N) is 2. The minimum atomic E-state index is -4.51. The van der Waals surface area contributed by atoms with E-state index < -0.39 is 22.6 Å². The molecule has 5 aromatic rings. The molecule has 0 radical (unpaired) electrons. The summed E-state index contributed by atoms with van der Waals surface area (Å²) in [5, 5.41) is 9.56. The molecule has 11 nitrogen and oxygen atoms in total. The lowest BCUT2D eigenvalue weighted by atomic mass is 10.1. The quantitative estimate of drug-likeness (QED) is 0.243. The van der Waals surface area contributed by atoms with Crippen molar-refractivity contribution >= 4 is 32.6 Å². The van der Waals surface area contributed by atoms with Crippen LogP contribution in [0.1, 0.15) is 18.5 Å². The largest absolute Gasteiger partial charge is 0.495 e. The normalized spacial score (nSPS) is 12.7. The third-order valence-corrected chi connectivity index (χ3v) is 7.40. The van der Waals surface area contributed by atoms with Crippen LogP contribution in [-0.4, -0.2) is 64.2 Å². The predicted molar refractivity (Wildman–Crippen MR) is 150 cm³/mol. The fraction of sp³-hybridized carbons (Fsp3) is 0.222. The Morgan fingerprint density at radius 3 is 2.43 bits per heavy atom. The fourth-order valence-corrected chi connectivity index (χ4v) is 5.06. The van der Waals surface area contributed by atoms with E-state index in [4.69, 9.17) is 4.74 Å². The van der Waals surface area contributed by atoms with E-state index in [1.807, 2.05) is 31.2 Å². The van der Waals surface area contributed by atoms with Gasteiger partial charge in [-0.05, 0) is 55.0 Å². The molecule has 0 aliphatic rings. The highest BCUT2D eigenvalue weighted by Gasteiger charge is 2.28. The van der Waals surface area contributed by atoms with E-state index in [0.717, 1.165) is 17.5 Å². The van der Waals surface area contributed by atoms with E-state index in [2.05, 4.69) is 35.7 Å². The van der Waals surface area contributed by atoms with Crippen LogP contribution < -0.4 is 15.4 Å². The van der Waals surface area contributed by atoms with E-state index in [1.165, 1.54) is 25.6 Å². The number of benzene rings is 2. The molecule has 3 heterocycles. The second kappa shape index (κ2) is 11.2. The molecule has 0 amide bonds. The maximum Gasteiger partial charge on any atom is 0.405 e. The van der Waals surface area contributed by atoms with Crippen molar-refractivity contribution < 1.29 is 26.3 Å². The Hall–Kier alpha value is -4.79. The number of halogens is 3. The summed E-state index contributed by atoms with van der Waals surface area (Å²) in [5.41, 5.74) is 2.80. The van der Waals surface area contributed by atoms with Gasteiger partial charge in [-0.25, -0.2) is 28.1 Å². The van der Waals surface area contributed by atoms with Crippen LogP contribution in [0.2, 0.25) is 0 Å². The Labute approximate surface area is 238 Å². The van der Waals surface area contributed by atoms with Gasteiger partial charge in [0.05, 0.1) is 30.0 Å². The lowest BCUT2D eigenvalue weighted by Gasteiger charge is -2.17. The first-order valence-corrected chi connectivity index (χ1v) is 14.4. The van der Waals surface area contributed by atoms with Gasteiger partial charge in [0.15, 0.2) is 15.7 Å². The monoisotopic (exact) mass is 598 g/mol. The molecule has 0 fully saturated rings. The van der Waals surface area contributed by atoms with Gasteiger partial charge in [-0.1, -0.05) is 12.1 Å². The first kappa shape index (κ1) is 28.7. The molecule has 0 bridgehead atoms. The molecule has 0 saturated heterocycles. The zero-order chi connectivity index (χ0) is 30.1.